The van der Waals surface area contributed by atoms with Gasteiger partial charge in [-0.2, -0.15) is 0 Å². The van der Waals surface area contributed by atoms with Crippen LogP contribution in [0.4, 0.5) is 0 Å². The maximum atomic E-state index is 12.9. The summed E-state index contributed by atoms with van der Waals surface area (Å²) in [5.74, 6) is 0.0396. The fourth-order valence-electron chi connectivity index (χ4n) is 3.32. The third-order valence-corrected chi connectivity index (χ3v) is 7.28. The molecule has 29 heavy (non-hydrogen) atoms. The van der Waals surface area contributed by atoms with Crippen LogP contribution in [0.3, 0.4) is 0 Å². The second-order valence-electron chi connectivity index (χ2n) is 7.19. The van der Waals surface area contributed by atoms with Crippen LogP contribution in [0.2, 0.25) is 0 Å². The Hall–Kier alpha value is -2.54. The zero-order valence-corrected chi connectivity index (χ0v) is 18.1. The summed E-state index contributed by atoms with van der Waals surface area (Å²) in [4.78, 5) is 19.9. The van der Waals surface area contributed by atoms with Crippen molar-refractivity contribution in [3.63, 3.8) is 0 Å². The highest BCUT2D eigenvalue weighted by molar-refractivity contribution is 7.18. The van der Waals surface area contributed by atoms with Crippen molar-refractivity contribution < 1.29 is 9.69 Å². The minimum Gasteiger partial charge on any atom is -0.339 e. The van der Waals surface area contributed by atoms with Gasteiger partial charge in [0.05, 0.1) is 23.3 Å². The predicted octanol–water partition coefficient (Wildman–Crippen LogP) is 3.84. The lowest BCUT2D eigenvalue weighted by atomic mass is 10.1. The van der Waals surface area contributed by atoms with E-state index in [0.717, 1.165) is 25.9 Å². The van der Waals surface area contributed by atoms with Crippen LogP contribution in [0.5, 0.6) is 0 Å². The van der Waals surface area contributed by atoms with Crippen LogP contribution >= 0.6 is 22.7 Å². The van der Waals surface area contributed by atoms with Crippen LogP contribution < -0.4 is 10.2 Å². The van der Waals surface area contributed by atoms with Crippen molar-refractivity contribution in [1.29, 1.82) is 0 Å². The first-order valence-electron chi connectivity index (χ1n) is 9.67. The maximum absolute atomic E-state index is 12.9. The Morgan fingerprint density at radius 2 is 1.83 bits per heavy atom. The summed E-state index contributed by atoms with van der Waals surface area (Å²) >= 11 is 3.37. The van der Waals surface area contributed by atoms with E-state index in [1.165, 1.54) is 4.70 Å². The number of carbonyl (C=O) groups is 1. The second-order valence-corrected chi connectivity index (χ2v) is 9.23. The first-order valence-corrected chi connectivity index (χ1v) is 11.4. The molecule has 0 fully saturated rings. The number of quaternary nitrogens is 1. The van der Waals surface area contributed by atoms with Gasteiger partial charge < -0.3 is 10.2 Å². The van der Waals surface area contributed by atoms with Gasteiger partial charge in [0.25, 0.3) is 5.91 Å². The minimum atomic E-state index is -0.116. The Morgan fingerprint density at radius 1 is 1.07 bits per heavy atom. The van der Waals surface area contributed by atoms with Crippen LogP contribution in [0.1, 0.15) is 34.5 Å². The summed E-state index contributed by atoms with van der Waals surface area (Å²) < 4.78 is 1.19. The van der Waals surface area contributed by atoms with E-state index in [0.29, 0.717) is 6.54 Å². The quantitative estimate of drug-likeness (QED) is 0.475. The van der Waals surface area contributed by atoms with Gasteiger partial charge in [-0.15, -0.1) is 22.7 Å². The summed E-state index contributed by atoms with van der Waals surface area (Å²) in [5, 5.41) is 6.34. The number of hydrogen-bond acceptors (Lipinski definition) is 4. The van der Waals surface area contributed by atoms with Crippen molar-refractivity contribution in [1.82, 2.24) is 10.3 Å². The van der Waals surface area contributed by atoms with Crippen molar-refractivity contribution in [3.8, 4) is 0 Å². The van der Waals surface area contributed by atoms with Crippen molar-refractivity contribution in [3.05, 3.63) is 87.6 Å². The highest BCUT2D eigenvalue weighted by atomic mass is 32.1. The van der Waals surface area contributed by atoms with Crippen molar-refractivity contribution in [2.75, 3.05) is 13.6 Å². The van der Waals surface area contributed by atoms with Crippen LogP contribution in [-0.2, 0) is 4.79 Å². The first-order chi connectivity index (χ1) is 14.1. The molecule has 0 saturated carbocycles. The molecule has 0 aliphatic carbocycles. The van der Waals surface area contributed by atoms with E-state index < -0.39 is 0 Å². The number of aromatic nitrogens is 1. The molecule has 0 saturated heterocycles. The molecule has 0 bridgehead atoms. The van der Waals surface area contributed by atoms with Crippen molar-refractivity contribution in [2.24, 2.45) is 0 Å². The molecule has 2 heterocycles. The summed E-state index contributed by atoms with van der Waals surface area (Å²) in [7, 11) is 2.05. The van der Waals surface area contributed by atoms with E-state index in [4.69, 9.17) is 4.98 Å². The van der Waals surface area contributed by atoms with E-state index in [-0.39, 0.29) is 18.0 Å². The molecule has 2 aromatic heterocycles. The van der Waals surface area contributed by atoms with Gasteiger partial charge in [-0.25, -0.2) is 4.98 Å². The number of nitrogens with zero attached hydrogens (tertiary/aromatic N) is 1. The fourth-order valence-corrected chi connectivity index (χ4v) is 5.24. The fraction of sp³-hybridized carbons (Fsp3) is 0.217. The lowest BCUT2D eigenvalue weighted by molar-refractivity contribution is -0.902. The zero-order chi connectivity index (χ0) is 20.2. The molecule has 0 spiro atoms. The average Bonchev–Trinajstić information content (AvgIpc) is 3.41. The number of nitrogens with one attached hydrogen (secondary N) is 2. The van der Waals surface area contributed by atoms with E-state index in [1.807, 2.05) is 47.8 Å². The second kappa shape index (κ2) is 8.86. The minimum absolute atomic E-state index is 0.0396. The molecule has 1 unspecified atom stereocenters. The molecule has 1 amide bonds. The van der Waals surface area contributed by atoms with Gasteiger partial charge in [0.15, 0.2) is 11.6 Å². The number of thiazole rings is 1. The van der Waals surface area contributed by atoms with Gasteiger partial charge in [-0.1, -0.05) is 48.5 Å². The smallest absolute Gasteiger partial charge is 0.275 e. The zero-order valence-electron chi connectivity index (χ0n) is 16.5. The lowest BCUT2D eigenvalue weighted by Gasteiger charge is -2.22. The summed E-state index contributed by atoms with van der Waals surface area (Å²) in [6.45, 7) is 2.53. The normalized spacial score (nSPS) is 14.4. The van der Waals surface area contributed by atoms with Gasteiger partial charge in [-0.05, 0) is 36.1 Å². The SMILES string of the molecule is C[C@@H](c1nc2ccccc2s1)[NH+](C)CC(=O)N[C@@H](c1ccccc1)c1cccs1. The standard InChI is InChI=1S/C23H23N3OS2/c1-16(23-24-18-11-6-7-12-19(18)29-23)26(2)15-21(27)25-22(20-13-8-14-28-20)17-9-4-3-5-10-17/h3-14,16,22H,15H2,1-2H3,(H,25,27)/p+1/t16-,22-/m0/s1. The summed E-state index contributed by atoms with van der Waals surface area (Å²) in [6, 6.07) is 22.4. The molecule has 4 aromatic rings. The number of rotatable bonds is 7. The molecule has 4 rings (SSSR count). The van der Waals surface area contributed by atoms with E-state index in [9.17, 15) is 4.79 Å². The Labute approximate surface area is 178 Å². The third kappa shape index (κ3) is 4.56. The highest BCUT2D eigenvalue weighted by Crippen LogP contribution is 2.26. The predicted molar refractivity (Wildman–Crippen MR) is 121 cm³/mol. The molecule has 0 aliphatic heterocycles. The van der Waals surface area contributed by atoms with E-state index in [2.05, 4.69) is 43.6 Å². The molecule has 2 N–H and O–H groups in total. The molecule has 0 radical (unpaired) electrons. The van der Waals surface area contributed by atoms with Crippen molar-refractivity contribution in [2.45, 2.75) is 19.0 Å². The largest absolute Gasteiger partial charge is 0.339 e. The Kier molecular flexibility index (Phi) is 6.04. The molecular weight excluding hydrogens is 398 g/mol. The number of fused-ring (bicyclic) bond motifs is 1. The maximum Gasteiger partial charge on any atom is 0.275 e. The number of likely N-dealkylation sites (N-methyl/N-ethyl adjacent to an activating group) is 1. The van der Waals surface area contributed by atoms with E-state index in [1.54, 1.807) is 22.7 Å². The Morgan fingerprint density at radius 3 is 2.55 bits per heavy atom. The number of carbonyl (C=O) groups excluding carboxylic acids is 1. The van der Waals surface area contributed by atoms with Crippen LogP contribution in [0, 0.1) is 0 Å². The number of para-hydroxylation sites is 1. The van der Waals surface area contributed by atoms with Crippen LogP contribution in [0.15, 0.2) is 72.1 Å². The van der Waals surface area contributed by atoms with Gasteiger partial charge in [-0.3, -0.25) is 4.79 Å². The Bertz CT molecular complexity index is 1040. The topological polar surface area (TPSA) is 46.4 Å². The van der Waals surface area contributed by atoms with Gasteiger partial charge >= 0.3 is 0 Å². The number of hydrogen-bond donors (Lipinski definition) is 2. The summed E-state index contributed by atoms with van der Waals surface area (Å²) in [6.07, 6.45) is 0. The third-order valence-electron chi connectivity index (χ3n) is 5.13. The monoisotopic (exact) mass is 422 g/mol. The average molecular weight is 423 g/mol. The van der Waals surface area contributed by atoms with Gasteiger partial charge in [0.2, 0.25) is 0 Å². The first kappa shape index (κ1) is 19.8. The van der Waals surface area contributed by atoms with Gasteiger partial charge in [0.1, 0.15) is 6.04 Å². The number of thiophene rings is 1. The van der Waals surface area contributed by atoms with Gasteiger partial charge in [0, 0.05) is 4.88 Å². The molecule has 2 aromatic carbocycles. The molecular formula is C23H24N3OS2+. The molecule has 148 valence electrons. The molecule has 4 nitrogen and oxygen atoms in total. The van der Waals surface area contributed by atoms with E-state index >= 15 is 0 Å². The molecule has 6 heteroatoms. The highest BCUT2D eigenvalue weighted by Gasteiger charge is 2.24. The molecule has 0 aliphatic rings. The Balaban J connectivity index is 1.46. The van der Waals surface area contributed by atoms with Crippen LogP contribution in [0.25, 0.3) is 10.2 Å². The molecule has 3 atom stereocenters. The van der Waals surface area contributed by atoms with Crippen LogP contribution in [-0.4, -0.2) is 24.5 Å². The van der Waals surface area contributed by atoms with Crippen molar-refractivity contribution >= 4 is 38.8 Å². The lowest BCUT2D eigenvalue weighted by Crippen LogP contribution is -3.10. The number of benzene rings is 2. The summed E-state index contributed by atoms with van der Waals surface area (Å²) in [5.41, 5.74) is 2.12. The number of amides is 1.